The Morgan fingerprint density at radius 3 is 2.21 bits per heavy atom. The number of alkyl halides is 3. The largest absolute Gasteiger partial charge is 0.416 e. The van der Waals surface area contributed by atoms with Crippen LogP contribution in [0.15, 0.2) is 48.2 Å². The predicted octanol–water partition coefficient (Wildman–Crippen LogP) is 3.49. The number of halogens is 3. The number of dihydropyridines is 1. The fraction of sp³-hybridized carbons (Fsp3) is 0.560. The van der Waals surface area contributed by atoms with Gasteiger partial charge in [-0.3, -0.25) is 14.6 Å². The number of likely N-dealkylation sites (tertiary alicyclic amines) is 1. The van der Waals surface area contributed by atoms with Crippen LogP contribution in [0.2, 0.25) is 0 Å². The molecule has 0 bridgehead atoms. The lowest BCUT2D eigenvalue weighted by atomic mass is 9.94. The van der Waals surface area contributed by atoms with E-state index in [9.17, 15) is 18.0 Å². The first kappa shape index (κ1) is 23.8. The quantitative estimate of drug-likeness (QED) is 0.727. The minimum atomic E-state index is -4.30. The maximum atomic E-state index is 13.0. The van der Waals surface area contributed by atoms with E-state index in [0.717, 1.165) is 63.3 Å². The van der Waals surface area contributed by atoms with Crippen LogP contribution >= 0.6 is 0 Å². The number of amides is 1. The van der Waals surface area contributed by atoms with Crippen molar-refractivity contribution in [3.05, 3.63) is 59.3 Å². The molecule has 1 N–H and O–H groups in total. The Balaban J connectivity index is 1.19. The summed E-state index contributed by atoms with van der Waals surface area (Å²) in [5.74, 6) is 0.359. The SMILES string of the molecule is C[C@H]1C=C(CN2CCC(C(=O)N3CCN(Cc4ccc(C(F)(F)F)cc4)CC3)CC2)C=CN1. The zero-order valence-corrected chi connectivity index (χ0v) is 19.2. The molecular weight excluding hydrogens is 429 g/mol. The van der Waals surface area contributed by atoms with Crippen molar-refractivity contribution < 1.29 is 18.0 Å². The minimum Gasteiger partial charge on any atom is -0.385 e. The molecule has 0 aromatic heterocycles. The average Bonchev–Trinajstić information content (AvgIpc) is 2.79. The van der Waals surface area contributed by atoms with E-state index in [2.05, 4.69) is 34.2 Å². The molecule has 0 spiro atoms. The zero-order valence-electron chi connectivity index (χ0n) is 19.2. The molecule has 180 valence electrons. The molecule has 2 saturated heterocycles. The van der Waals surface area contributed by atoms with E-state index in [4.69, 9.17) is 0 Å². The van der Waals surface area contributed by atoms with Crippen LogP contribution in [0.25, 0.3) is 0 Å². The second-order valence-electron chi connectivity index (χ2n) is 9.38. The van der Waals surface area contributed by atoms with Gasteiger partial charge in [-0.2, -0.15) is 13.2 Å². The Morgan fingerprint density at radius 1 is 0.970 bits per heavy atom. The van der Waals surface area contributed by atoms with E-state index in [1.807, 2.05) is 11.1 Å². The lowest BCUT2D eigenvalue weighted by Crippen LogP contribution is -2.51. The topological polar surface area (TPSA) is 38.8 Å². The second kappa shape index (κ2) is 10.3. The smallest absolute Gasteiger partial charge is 0.385 e. The number of piperazine rings is 1. The van der Waals surface area contributed by atoms with Gasteiger partial charge in [0.15, 0.2) is 0 Å². The summed E-state index contributed by atoms with van der Waals surface area (Å²) >= 11 is 0. The summed E-state index contributed by atoms with van der Waals surface area (Å²) in [7, 11) is 0. The summed E-state index contributed by atoms with van der Waals surface area (Å²) in [6.07, 6.45) is 3.88. The van der Waals surface area contributed by atoms with Gasteiger partial charge in [0.25, 0.3) is 0 Å². The zero-order chi connectivity index (χ0) is 23.4. The molecule has 3 heterocycles. The molecule has 0 aliphatic carbocycles. The van der Waals surface area contributed by atoms with E-state index in [1.54, 1.807) is 12.1 Å². The lowest BCUT2D eigenvalue weighted by molar-refractivity contribution is -0.139. The van der Waals surface area contributed by atoms with Gasteiger partial charge in [0.2, 0.25) is 5.91 Å². The molecule has 4 rings (SSSR count). The number of nitrogens with one attached hydrogen (secondary N) is 1. The summed E-state index contributed by atoms with van der Waals surface area (Å²) < 4.78 is 38.2. The number of hydrogen-bond donors (Lipinski definition) is 1. The summed E-state index contributed by atoms with van der Waals surface area (Å²) in [6.45, 7) is 8.43. The van der Waals surface area contributed by atoms with Crippen LogP contribution in [0.5, 0.6) is 0 Å². The molecule has 1 aromatic carbocycles. The van der Waals surface area contributed by atoms with Gasteiger partial charge >= 0.3 is 6.18 Å². The first-order valence-corrected chi connectivity index (χ1v) is 11.8. The Bertz CT molecular complexity index is 865. The van der Waals surface area contributed by atoms with E-state index in [1.165, 1.54) is 5.57 Å². The third-order valence-corrected chi connectivity index (χ3v) is 6.84. The maximum Gasteiger partial charge on any atom is 0.416 e. The van der Waals surface area contributed by atoms with Crippen LogP contribution < -0.4 is 5.32 Å². The molecule has 1 atom stereocenters. The van der Waals surface area contributed by atoms with Crippen molar-refractivity contribution in [1.29, 1.82) is 0 Å². The van der Waals surface area contributed by atoms with Crippen LogP contribution in [-0.2, 0) is 17.5 Å². The van der Waals surface area contributed by atoms with E-state index in [-0.39, 0.29) is 11.8 Å². The Labute approximate surface area is 193 Å². The predicted molar refractivity (Wildman–Crippen MR) is 122 cm³/mol. The van der Waals surface area contributed by atoms with Gasteiger partial charge in [-0.05, 0) is 68.4 Å². The van der Waals surface area contributed by atoms with Gasteiger partial charge < -0.3 is 10.2 Å². The van der Waals surface area contributed by atoms with Crippen LogP contribution in [0, 0.1) is 5.92 Å². The van der Waals surface area contributed by atoms with Crippen molar-refractivity contribution in [2.75, 3.05) is 45.8 Å². The van der Waals surface area contributed by atoms with Gasteiger partial charge in [0, 0.05) is 51.2 Å². The Hall–Kier alpha value is -2.32. The number of benzene rings is 1. The molecule has 3 aliphatic rings. The van der Waals surface area contributed by atoms with Crippen molar-refractivity contribution in [1.82, 2.24) is 20.0 Å². The number of carbonyl (C=O) groups is 1. The summed E-state index contributed by atoms with van der Waals surface area (Å²) in [6, 6.07) is 5.73. The monoisotopic (exact) mass is 462 g/mol. The number of carbonyl (C=O) groups excluding carboxylic acids is 1. The molecule has 5 nitrogen and oxygen atoms in total. The van der Waals surface area contributed by atoms with Crippen LogP contribution in [-0.4, -0.2) is 72.5 Å². The van der Waals surface area contributed by atoms with E-state index >= 15 is 0 Å². The summed E-state index contributed by atoms with van der Waals surface area (Å²) in [5.41, 5.74) is 1.57. The molecule has 8 heteroatoms. The van der Waals surface area contributed by atoms with Gasteiger partial charge in [0.1, 0.15) is 0 Å². The van der Waals surface area contributed by atoms with Gasteiger partial charge in [0.05, 0.1) is 5.56 Å². The molecule has 3 aliphatic heterocycles. The first-order valence-electron chi connectivity index (χ1n) is 11.8. The number of piperidine rings is 1. The number of nitrogens with zero attached hydrogens (tertiary/aromatic N) is 3. The van der Waals surface area contributed by atoms with E-state index in [0.29, 0.717) is 25.7 Å². The van der Waals surface area contributed by atoms with Crippen molar-refractivity contribution >= 4 is 5.91 Å². The normalized spacial score (nSPS) is 23.3. The standard InChI is InChI=1S/C25H33F3N4O/c1-19-16-21(6-9-29-19)18-30-10-7-22(8-11-30)24(33)32-14-12-31(13-15-32)17-20-2-4-23(5-3-20)25(26,27)28/h2-6,9,16,19,22,29H,7-8,10-15,17-18H2,1H3/t19-/m0/s1. The maximum absolute atomic E-state index is 13.0. The molecular formula is C25H33F3N4O. The van der Waals surface area contributed by atoms with Crippen molar-refractivity contribution in [2.24, 2.45) is 5.92 Å². The van der Waals surface area contributed by atoms with Crippen LogP contribution in [0.3, 0.4) is 0 Å². The second-order valence-corrected chi connectivity index (χ2v) is 9.38. The summed E-state index contributed by atoms with van der Waals surface area (Å²) in [4.78, 5) is 19.7. The first-order chi connectivity index (χ1) is 15.8. The third kappa shape index (κ3) is 6.38. The highest BCUT2D eigenvalue weighted by molar-refractivity contribution is 5.79. The molecule has 0 saturated carbocycles. The van der Waals surface area contributed by atoms with Crippen molar-refractivity contribution in [3.63, 3.8) is 0 Å². The van der Waals surface area contributed by atoms with Gasteiger partial charge in [-0.15, -0.1) is 0 Å². The molecule has 33 heavy (non-hydrogen) atoms. The lowest BCUT2D eigenvalue weighted by Gasteiger charge is -2.38. The fourth-order valence-electron chi connectivity index (χ4n) is 4.88. The molecule has 0 radical (unpaired) electrons. The highest BCUT2D eigenvalue weighted by Gasteiger charge is 2.31. The van der Waals surface area contributed by atoms with Gasteiger partial charge in [-0.25, -0.2) is 0 Å². The molecule has 1 amide bonds. The Morgan fingerprint density at radius 2 is 1.61 bits per heavy atom. The van der Waals surface area contributed by atoms with Crippen LogP contribution in [0.4, 0.5) is 13.2 Å². The number of rotatable bonds is 5. The molecule has 0 unspecified atom stereocenters. The number of hydrogen-bond acceptors (Lipinski definition) is 4. The average molecular weight is 463 g/mol. The van der Waals surface area contributed by atoms with Crippen molar-refractivity contribution in [3.8, 4) is 0 Å². The molecule has 1 aromatic rings. The highest BCUT2D eigenvalue weighted by atomic mass is 19.4. The fourth-order valence-corrected chi connectivity index (χ4v) is 4.88. The minimum absolute atomic E-state index is 0.0965. The van der Waals surface area contributed by atoms with E-state index < -0.39 is 11.7 Å². The van der Waals surface area contributed by atoms with Crippen LogP contribution in [0.1, 0.15) is 30.9 Å². The summed E-state index contributed by atoms with van der Waals surface area (Å²) in [5, 5.41) is 3.26. The Kier molecular flexibility index (Phi) is 7.44. The van der Waals surface area contributed by atoms with Gasteiger partial charge in [-0.1, -0.05) is 18.2 Å². The molecule has 2 fully saturated rings. The van der Waals surface area contributed by atoms with Crippen molar-refractivity contribution in [2.45, 2.75) is 38.5 Å². The highest BCUT2D eigenvalue weighted by Crippen LogP contribution is 2.29. The third-order valence-electron chi connectivity index (χ3n) is 6.84.